The summed E-state index contributed by atoms with van der Waals surface area (Å²) in [6.45, 7) is 0.889. The molecule has 3 rings (SSSR count). The number of rotatable bonds is 4. The number of carboxylic acid groups (broad SMARTS) is 1. The topological polar surface area (TPSA) is 53.4 Å². The number of carbonyl (C=O) groups is 1. The molecule has 138 valence electrons. The minimum Gasteiger partial charge on any atom is -0.481 e. The maximum absolute atomic E-state index is 13.5. The monoisotopic (exact) mass is 368 g/mol. The average molecular weight is 368 g/mol. The molecular weight excluding hydrogens is 352 g/mol. The van der Waals surface area contributed by atoms with Gasteiger partial charge in [0.25, 0.3) is 0 Å². The largest absolute Gasteiger partial charge is 0.481 e. The molecule has 0 saturated carbocycles. The summed E-state index contributed by atoms with van der Waals surface area (Å²) in [5, 5.41) is 9.47. The lowest BCUT2D eigenvalue weighted by molar-refractivity contribution is -0.142. The van der Waals surface area contributed by atoms with E-state index in [4.69, 9.17) is 0 Å². The van der Waals surface area contributed by atoms with E-state index in [0.717, 1.165) is 12.3 Å². The molecule has 4 nitrogen and oxygen atoms in total. The minimum atomic E-state index is -4.50. The lowest BCUT2D eigenvalue weighted by Crippen LogP contribution is -2.23. The molecule has 2 heterocycles. The third-order valence-corrected chi connectivity index (χ3v) is 4.51. The van der Waals surface area contributed by atoms with E-state index in [1.807, 2.05) is 4.90 Å². The van der Waals surface area contributed by atoms with Gasteiger partial charge in [0.1, 0.15) is 11.5 Å². The summed E-state index contributed by atoms with van der Waals surface area (Å²) in [5.41, 5.74) is 0.191. The normalized spacial score (nSPS) is 21.1. The molecule has 0 aliphatic carbocycles. The van der Waals surface area contributed by atoms with Crippen LogP contribution in [-0.2, 0) is 17.5 Å². The molecule has 1 aromatic carbocycles. The second kappa shape index (κ2) is 7.03. The van der Waals surface area contributed by atoms with Crippen LogP contribution in [0, 0.1) is 11.7 Å². The Bertz CT molecular complexity index is 793. The van der Waals surface area contributed by atoms with Gasteiger partial charge in [0.2, 0.25) is 0 Å². The van der Waals surface area contributed by atoms with Gasteiger partial charge in [-0.3, -0.25) is 14.7 Å². The Kier molecular flexibility index (Phi) is 4.95. The molecule has 0 bridgehead atoms. The fraction of sp³-hybridized carbons (Fsp3) is 0.333. The Morgan fingerprint density at radius 3 is 2.58 bits per heavy atom. The fourth-order valence-corrected chi connectivity index (χ4v) is 3.28. The molecule has 8 heteroatoms. The fourth-order valence-electron chi connectivity index (χ4n) is 3.28. The predicted octanol–water partition coefficient (Wildman–Crippen LogP) is 3.54. The SMILES string of the molecule is O=C(O)C1CN(Cc2ccc(C(F)(F)F)nc2)CC1c1cccc(F)c1. The first kappa shape index (κ1) is 18.3. The molecule has 2 aromatic rings. The Morgan fingerprint density at radius 2 is 2.00 bits per heavy atom. The van der Waals surface area contributed by atoms with Crippen LogP contribution in [0.25, 0.3) is 0 Å². The molecule has 0 radical (unpaired) electrons. The quantitative estimate of drug-likeness (QED) is 0.839. The van der Waals surface area contributed by atoms with Gasteiger partial charge in [-0.15, -0.1) is 0 Å². The number of nitrogens with zero attached hydrogens (tertiary/aromatic N) is 2. The van der Waals surface area contributed by atoms with Crippen LogP contribution in [-0.4, -0.2) is 34.0 Å². The van der Waals surface area contributed by atoms with Crippen molar-refractivity contribution in [1.29, 1.82) is 0 Å². The van der Waals surface area contributed by atoms with Gasteiger partial charge in [-0.05, 0) is 29.3 Å². The van der Waals surface area contributed by atoms with E-state index in [9.17, 15) is 27.5 Å². The molecule has 2 atom stereocenters. The first-order valence-electron chi connectivity index (χ1n) is 7.97. The highest BCUT2D eigenvalue weighted by Crippen LogP contribution is 2.34. The van der Waals surface area contributed by atoms with Crippen molar-refractivity contribution in [3.63, 3.8) is 0 Å². The Balaban J connectivity index is 1.75. The minimum absolute atomic E-state index is 0.234. The van der Waals surface area contributed by atoms with Crippen LogP contribution in [0.1, 0.15) is 22.7 Å². The standard InChI is InChI=1S/C18H16F4N2O2/c19-13-3-1-2-12(6-13)14-9-24(10-15(14)17(25)26)8-11-4-5-16(23-7-11)18(20,21)22/h1-7,14-15H,8-10H2,(H,25,26). The van der Waals surface area contributed by atoms with Crippen molar-refractivity contribution in [2.45, 2.75) is 18.6 Å². The Labute approximate surface area is 147 Å². The predicted molar refractivity (Wildman–Crippen MR) is 84.8 cm³/mol. The second-order valence-corrected chi connectivity index (χ2v) is 6.35. The van der Waals surface area contributed by atoms with Crippen LogP contribution < -0.4 is 0 Å². The van der Waals surface area contributed by atoms with Gasteiger partial charge in [0, 0.05) is 31.7 Å². The van der Waals surface area contributed by atoms with Crippen molar-refractivity contribution in [3.05, 3.63) is 65.2 Å². The van der Waals surface area contributed by atoms with Gasteiger partial charge in [-0.2, -0.15) is 13.2 Å². The number of carboxylic acids is 1. The zero-order chi connectivity index (χ0) is 18.9. The van der Waals surface area contributed by atoms with E-state index in [0.29, 0.717) is 17.7 Å². The lowest BCUT2D eigenvalue weighted by Gasteiger charge is -2.16. The van der Waals surface area contributed by atoms with Crippen molar-refractivity contribution in [2.24, 2.45) is 5.92 Å². The van der Waals surface area contributed by atoms with Gasteiger partial charge < -0.3 is 5.11 Å². The maximum Gasteiger partial charge on any atom is 0.433 e. The lowest BCUT2D eigenvalue weighted by atomic mass is 9.89. The Hall–Kier alpha value is -2.48. The van der Waals surface area contributed by atoms with E-state index in [2.05, 4.69) is 4.98 Å². The van der Waals surface area contributed by atoms with Crippen LogP contribution in [0.2, 0.25) is 0 Å². The van der Waals surface area contributed by atoms with Crippen LogP contribution in [0.4, 0.5) is 17.6 Å². The van der Waals surface area contributed by atoms with Crippen LogP contribution in [0.15, 0.2) is 42.6 Å². The number of aromatic nitrogens is 1. The summed E-state index contributed by atoms with van der Waals surface area (Å²) < 4.78 is 51.2. The van der Waals surface area contributed by atoms with Crippen molar-refractivity contribution >= 4 is 5.97 Å². The summed E-state index contributed by atoms with van der Waals surface area (Å²) in [4.78, 5) is 16.8. The van der Waals surface area contributed by atoms with Gasteiger partial charge in [0.05, 0.1) is 5.92 Å². The third-order valence-electron chi connectivity index (χ3n) is 4.51. The summed E-state index contributed by atoms with van der Waals surface area (Å²) >= 11 is 0. The first-order valence-corrected chi connectivity index (χ1v) is 7.97. The molecule has 1 aromatic heterocycles. The molecule has 1 N–H and O–H groups in total. The highest BCUT2D eigenvalue weighted by molar-refractivity contribution is 5.72. The molecule has 2 unspecified atom stereocenters. The first-order chi connectivity index (χ1) is 12.2. The van der Waals surface area contributed by atoms with Crippen LogP contribution in [0.3, 0.4) is 0 Å². The number of likely N-dealkylation sites (tertiary alicyclic amines) is 1. The number of pyridine rings is 1. The van der Waals surface area contributed by atoms with E-state index in [-0.39, 0.29) is 19.0 Å². The van der Waals surface area contributed by atoms with E-state index < -0.39 is 29.6 Å². The van der Waals surface area contributed by atoms with Gasteiger partial charge >= 0.3 is 12.1 Å². The zero-order valence-corrected chi connectivity index (χ0v) is 13.6. The third kappa shape index (κ3) is 4.01. The summed E-state index contributed by atoms with van der Waals surface area (Å²) in [6.07, 6.45) is -3.35. The molecule has 0 spiro atoms. The van der Waals surface area contributed by atoms with Crippen molar-refractivity contribution in [2.75, 3.05) is 13.1 Å². The van der Waals surface area contributed by atoms with Crippen LogP contribution in [0.5, 0.6) is 0 Å². The summed E-state index contributed by atoms with van der Waals surface area (Å²) in [7, 11) is 0. The molecule has 1 aliphatic heterocycles. The molecule has 1 aliphatic rings. The number of alkyl halides is 3. The molecular formula is C18H16F4N2O2. The number of halogens is 4. The van der Waals surface area contributed by atoms with Crippen molar-refractivity contribution in [3.8, 4) is 0 Å². The van der Waals surface area contributed by atoms with Crippen LogP contribution >= 0.6 is 0 Å². The van der Waals surface area contributed by atoms with Crippen molar-refractivity contribution in [1.82, 2.24) is 9.88 Å². The number of hydrogen-bond donors (Lipinski definition) is 1. The maximum atomic E-state index is 13.5. The highest BCUT2D eigenvalue weighted by Gasteiger charge is 2.38. The van der Waals surface area contributed by atoms with Gasteiger partial charge in [0.15, 0.2) is 0 Å². The number of benzene rings is 1. The highest BCUT2D eigenvalue weighted by atomic mass is 19.4. The number of aliphatic carboxylic acids is 1. The second-order valence-electron chi connectivity index (χ2n) is 6.35. The smallest absolute Gasteiger partial charge is 0.433 e. The van der Waals surface area contributed by atoms with Gasteiger partial charge in [-0.25, -0.2) is 4.39 Å². The average Bonchev–Trinajstić information content (AvgIpc) is 2.99. The van der Waals surface area contributed by atoms with E-state index in [1.54, 1.807) is 6.07 Å². The Morgan fingerprint density at radius 1 is 1.23 bits per heavy atom. The summed E-state index contributed by atoms with van der Waals surface area (Å²) in [6, 6.07) is 8.08. The van der Waals surface area contributed by atoms with E-state index >= 15 is 0 Å². The molecule has 1 fully saturated rings. The summed E-state index contributed by atoms with van der Waals surface area (Å²) in [5.74, 6) is -2.51. The number of hydrogen-bond acceptors (Lipinski definition) is 3. The molecule has 1 saturated heterocycles. The van der Waals surface area contributed by atoms with E-state index in [1.165, 1.54) is 24.3 Å². The molecule has 26 heavy (non-hydrogen) atoms. The zero-order valence-electron chi connectivity index (χ0n) is 13.6. The molecule has 0 amide bonds. The van der Waals surface area contributed by atoms with Gasteiger partial charge in [-0.1, -0.05) is 18.2 Å². The van der Waals surface area contributed by atoms with Crippen molar-refractivity contribution < 1.29 is 27.5 Å².